The molecule has 0 saturated carbocycles. The number of halogens is 2. The van der Waals surface area contributed by atoms with Crippen molar-refractivity contribution in [1.29, 1.82) is 0 Å². The Hall–Kier alpha value is -1.35. The fraction of sp³-hybridized carbons (Fsp3) is 0.143. The molecule has 2 aromatic rings. The molecule has 4 rings (SSSR count). The third kappa shape index (κ3) is 1.94. The van der Waals surface area contributed by atoms with E-state index in [0.717, 1.165) is 25.0 Å². The lowest BCUT2D eigenvalue weighted by Gasteiger charge is -2.33. The molecule has 1 atom stereocenters. The van der Waals surface area contributed by atoms with Crippen LogP contribution < -0.4 is 10.5 Å². The van der Waals surface area contributed by atoms with Crippen LogP contribution in [0.3, 0.4) is 0 Å². The molecule has 5 nitrogen and oxygen atoms in total. The van der Waals surface area contributed by atoms with Gasteiger partial charge in [0.05, 0.1) is 6.20 Å². The van der Waals surface area contributed by atoms with Crippen molar-refractivity contribution in [3.05, 3.63) is 49.8 Å². The summed E-state index contributed by atoms with van der Waals surface area (Å²) < 4.78 is 13.3. The normalized spacial score (nSPS) is 22.1. The Labute approximate surface area is 142 Å². The molecule has 0 saturated heterocycles. The maximum atomic E-state index is 5.96. The van der Waals surface area contributed by atoms with Crippen molar-refractivity contribution >= 4 is 44.5 Å². The van der Waals surface area contributed by atoms with Crippen molar-refractivity contribution in [2.24, 2.45) is 10.7 Å². The van der Waals surface area contributed by atoms with Gasteiger partial charge in [0.2, 0.25) is 0 Å². The van der Waals surface area contributed by atoms with Crippen LogP contribution in [0.1, 0.15) is 11.1 Å². The number of nitrogens with two attached hydrogens (primary N) is 1. The quantitative estimate of drug-likeness (QED) is 0.487. The highest BCUT2D eigenvalue weighted by molar-refractivity contribution is 14.1. The number of aromatic nitrogens is 1. The number of hydrogen-bond donors (Lipinski definition) is 1. The second-order valence-corrected chi connectivity index (χ2v) is 6.90. The van der Waals surface area contributed by atoms with Gasteiger partial charge in [-0.1, -0.05) is 0 Å². The lowest BCUT2D eigenvalue weighted by molar-refractivity contribution is 0.264. The number of benzene rings is 1. The van der Waals surface area contributed by atoms with Crippen molar-refractivity contribution in [2.75, 3.05) is 6.61 Å². The highest BCUT2D eigenvalue weighted by atomic mass is 127. The van der Waals surface area contributed by atoms with Gasteiger partial charge in [-0.15, -0.1) is 0 Å². The summed E-state index contributed by atoms with van der Waals surface area (Å²) in [4.78, 5) is 8.81. The summed E-state index contributed by atoms with van der Waals surface area (Å²) in [6.07, 6.45) is 1.69. The van der Waals surface area contributed by atoms with E-state index in [1.54, 1.807) is 6.20 Å². The SMILES string of the molecule is NC1=N[C@@]2(CO1)c1cc(I)ccc1Oc1cnc(Br)cc12. The molecule has 0 unspecified atom stereocenters. The first kappa shape index (κ1) is 13.3. The van der Waals surface area contributed by atoms with E-state index < -0.39 is 5.54 Å². The molecule has 2 aliphatic heterocycles. The molecule has 0 fully saturated rings. The molecule has 0 bridgehead atoms. The van der Waals surface area contributed by atoms with E-state index in [0.29, 0.717) is 12.4 Å². The first-order valence-corrected chi connectivity index (χ1v) is 8.08. The van der Waals surface area contributed by atoms with Gasteiger partial charge in [0.15, 0.2) is 11.3 Å². The summed E-state index contributed by atoms with van der Waals surface area (Å²) >= 11 is 5.67. The van der Waals surface area contributed by atoms with Crippen molar-refractivity contribution in [3.63, 3.8) is 0 Å². The van der Waals surface area contributed by atoms with Crippen LogP contribution in [0, 0.1) is 3.57 Å². The Morgan fingerprint density at radius 3 is 2.81 bits per heavy atom. The van der Waals surface area contributed by atoms with Gasteiger partial charge in [0.1, 0.15) is 17.0 Å². The van der Waals surface area contributed by atoms with E-state index in [4.69, 9.17) is 15.2 Å². The zero-order valence-corrected chi connectivity index (χ0v) is 14.4. The minimum Gasteiger partial charge on any atom is -0.462 e. The van der Waals surface area contributed by atoms with Crippen LogP contribution in [0.25, 0.3) is 0 Å². The van der Waals surface area contributed by atoms with E-state index in [1.165, 1.54) is 0 Å². The molecule has 0 radical (unpaired) electrons. The fourth-order valence-electron chi connectivity index (χ4n) is 2.71. The summed E-state index contributed by atoms with van der Waals surface area (Å²) in [6, 6.07) is 8.09. The molecule has 1 spiro atoms. The molecule has 21 heavy (non-hydrogen) atoms. The second kappa shape index (κ2) is 4.57. The molecule has 106 valence electrons. The van der Waals surface area contributed by atoms with Crippen LogP contribution in [-0.2, 0) is 10.3 Å². The summed E-state index contributed by atoms with van der Waals surface area (Å²) in [5.41, 5.74) is 6.98. The largest absolute Gasteiger partial charge is 0.462 e. The van der Waals surface area contributed by atoms with E-state index >= 15 is 0 Å². The molecule has 2 N–H and O–H groups in total. The van der Waals surface area contributed by atoms with E-state index in [1.807, 2.05) is 18.2 Å². The number of amidine groups is 1. The zero-order chi connectivity index (χ0) is 14.6. The minimum atomic E-state index is -0.667. The lowest BCUT2D eigenvalue weighted by Crippen LogP contribution is -2.31. The molecule has 1 aromatic heterocycles. The van der Waals surface area contributed by atoms with Crippen LogP contribution in [-0.4, -0.2) is 17.6 Å². The van der Waals surface area contributed by atoms with E-state index in [9.17, 15) is 0 Å². The third-order valence-corrected chi connectivity index (χ3v) is 4.72. The average molecular weight is 458 g/mol. The van der Waals surface area contributed by atoms with Gasteiger partial charge >= 0.3 is 0 Å². The minimum absolute atomic E-state index is 0.195. The summed E-state index contributed by atoms with van der Waals surface area (Å²) in [7, 11) is 0. The van der Waals surface area contributed by atoms with Gasteiger partial charge in [-0.05, 0) is 62.8 Å². The van der Waals surface area contributed by atoms with Crippen molar-refractivity contribution in [3.8, 4) is 11.5 Å². The number of hydrogen-bond acceptors (Lipinski definition) is 5. The summed E-state index contributed by atoms with van der Waals surface area (Å²) in [5, 5.41) is 0. The predicted molar refractivity (Wildman–Crippen MR) is 89.5 cm³/mol. The van der Waals surface area contributed by atoms with Crippen LogP contribution in [0.4, 0.5) is 0 Å². The monoisotopic (exact) mass is 457 g/mol. The second-order valence-electron chi connectivity index (χ2n) is 4.84. The van der Waals surface area contributed by atoms with Crippen LogP contribution in [0.5, 0.6) is 11.5 Å². The molecule has 0 amide bonds. The molecular weight excluding hydrogens is 449 g/mol. The van der Waals surface area contributed by atoms with Crippen LogP contribution in [0.2, 0.25) is 0 Å². The number of nitrogens with zero attached hydrogens (tertiary/aromatic N) is 2. The van der Waals surface area contributed by atoms with E-state index in [-0.39, 0.29) is 6.02 Å². The zero-order valence-electron chi connectivity index (χ0n) is 10.6. The van der Waals surface area contributed by atoms with Crippen LogP contribution in [0.15, 0.2) is 40.1 Å². The van der Waals surface area contributed by atoms with Gasteiger partial charge in [-0.2, -0.15) is 0 Å². The molecule has 1 aromatic carbocycles. The Morgan fingerprint density at radius 1 is 1.24 bits per heavy atom. The number of rotatable bonds is 0. The lowest BCUT2D eigenvalue weighted by atomic mass is 9.82. The Bertz CT molecular complexity index is 742. The first-order chi connectivity index (χ1) is 10.1. The Balaban J connectivity index is 2.05. The topological polar surface area (TPSA) is 69.7 Å². The standard InChI is InChI=1S/C14H9BrIN3O2/c15-12-4-9-11(5-18-12)21-10-2-1-7(16)3-8(10)14(9)6-20-13(17)19-14/h1-5H,6H2,(H2,17,19)/t14-/m0/s1. The van der Waals surface area contributed by atoms with E-state index in [2.05, 4.69) is 54.6 Å². The van der Waals surface area contributed by atoms with Crippen molar-refractivity contribution in [1.82, 2.24) is 4.98 Å². The highest BCUT2D eigenvalue weighted by Crippen LogP contribution is 2.51. The summed E-state index contributed by atoms with van der Waals surface area (Å²) in [5.74, 6) is 1.43. The van der Waals surface area contributed by atoms with Gasteiger partial charge in [0.25, 0.3) is 6.02 Å². The molecule has 2 aliphatic rings. The molecular formula is C14H9BrIN3O2. The predicted octanol–water partition coefficient (Wildman–Crippen LogP) is 3.14. The maximum absolute atomic E-state index is 5.96. The Morgan fingerprint density at radius 2 is 2.05 bits per heavy atom. The number of pyridine rings is 1. The van der Waals surface area contributed by atoms with Crippen LogP contribution >= 0.6 is 38.5 Å². The summed E-state index contributed by atoms with van der Waals surface area (Å²) in [6.45, 7) is 0.360. The first-order valence-electron chi connectivity index (χ1n) is 6.20. The number of ether oxygens (including phenoxy) is 2. The molecule has 7 heteroatoms. The van der Waals surface area contributed by atoms with Gasteiger partial charge in [-0.3, -0.25) is 0 Å². The van der Waals surface area contributed by atoms with Gasteiger partial charge < -0.3 is 15.2 Å². The van der Waals surface area contributed by atoms with Gasteiger partial charge in [-0.25, -0.2) is 9.98 Å². The van der Waals surface area contributed by atoms with Gasteiger partial charge in [0, 0.05) is 14.7 Å². The average Bonchev–Trinajstić information content (AvgIpc) is 2.84. The third-order valence-electron chi connectivity index (χ3n) is 3.62. The van der Waals surface area contributed by atoms with Crippen molar-refractivity contribution in [2.45, 2.75) is 5.54 Å². The smallest absolute Gasteiger partial charge is 0.283 e. The molecule has 0 aliphatic carbocycles. The molecule has 3 heterocycles. The highest BCUT2D eigenvalue weighted by Gasteiger charge is 2.47. The Kier molecular flexibility index (Phi) is 2.90. The number of aliphatic imine (C=N–C) groups is 1. The van der Waals surface area contributed by atoms with Crippen molar-refractivity contribution < 1.29 is 9.47 Å². The fourth-order valence-corrected chi connectivity index (χ4v) is 3.53. The maximum Gasteiger partial charge on any atom is 0.283 e. The number of fused-ring (bicyclic) bond motifs is 4.